The van der Waals surface area contributed by atoms with Gasteiger partial charge in [0.15, 0.2) is 0 Å². The predicted octanol–water partition coefficient (Wildman–Crippen LogP) is 3.11. The van der Waals surface area contributed by atoms with Crippen LogP contribution in [-0.4, -0.2) is 39.2 Å². The maximum atomic E-state index is 12.8. The molecular weight excluding hydrogens is 347 g/mol. The number of nitrogens with zero attached hydrogens (tertiary/aromatic N) is 3. The highest BCUT2D eigenvalue weighted by Gasteiger charge is 2.39. The fraction of sp³-hybridized carbons (Fsp3) is 0.765. The first-order chi connectivity index (χ1) is 10.6. The molecule has 0 bridgehead atoms. The lowest BCUT2D eigenvalue weighted by Crippen LogP contribution is -2.57. The Bertz CT molecular complexity index is 520. The molecule has 1 aromatic rings. The summed E-state index contributed by atoms with van der Waals surface area (Å²) in [6.07, 6.45) is 11.3. The zero-order valence-corrected chi connectivity index (χ0v) is 16.1. The van der Waals surface area contributed by atoms with Crippen molar-refractivity contribution in [2.75, 3.05) is 13.1 Å². The van der Waals surface area contributed by atoms with Gasteiger partial charge in [-0.15, -0.1) is 24.8 Å². The van der Waals surface area contributed by atoms with E-state index in [4.69, 9.17) is 5.73 Å². The van der Waals surface area contributed by atoms with E-state index in [0.717, 1.165) is 58.2 Å². The smallest absolute Gasteiger partial charge is 0.242 e. The van der Waals surface area contributed by atoms with E-state index >= 15 is 0 Å². The molecule has 0 unspecified atom stereocenters. The topological polar surface area (TPSA) is 64.2 Å². The summed E-state index contributed by atoms with van der Waals surface area (Å²) in [7, 11) is 0. The van der Waals surface area contributed by atoms with Crippen LogP contribution in [0.3, 0.4) is 0 Å². The largest absolute Gasteiger partial charge is 0.341 e. The number of nitrogens with two attached hydrogens (primary N) is 1. The standard InChI is InChI=1S/C17H28N4O.2ClH/c1-2-21-13-15(12-19-21)14-6-10-20(11-7-14)16(22)17(18)8-4-3-5-9-17;;/h12-14H,2-11,18H2,1H3;2*1H. The molecule has 1 aliphatic heterocycles. The normalized spacial score (nSPS) is 20.8. The Kier molecular flexibility index (Phi) is 8.03. The van der Waals surface area contributed by atoms with Gasteiger partial charge < -0.3 is 10.6 Å². The molecule has 1 amide bonds. The van der Waals surface area contributed by atoms with Gasteiger partial charge in [-0.1, -0.05) is 19.3 Å². The van der Waals surface area contributed by atoms with E-state index in [1.54, 1.807) is 0 Å². The number of halogens is 2. The van der Waals surface area contributed by atoms with E-state index in [9.17, 15) is 4.79 Å². The third kappa shape index (κ3) is 4.44. The molecule has 5 nitrogen and oxygen atoms in total. The van der Waals surface area contributed by atoms with Gasteiger partial charge in [0.05, 0.1) is 11.7 Å². The highest BCUT2D eigenvalue weighted by Crippen LogP contribution is 2.32. The summed E-state index contributed by atoms with van der Waals surface area (Å²) in [5.74, 6) is 0.722. The minimum absolute atomic E-state index is 0. The maximum Gasteiger partial charge on any atom is 0.242 e. The van der Waals surface area contributed by atoms with Crippen molar-refractivity contribution >= 4 is 30.7 Å². The number of aryl methyl sites for hydroxylation is 1. The van der Waals surface area contributed by atoms with Crippen molar-refractivity contribution in [3.8, 4) is 0 Å². The van der Waals surface area contributed by atoms with Gasteiger partial charge in [0.2, 0.25) is 5.91 Å². The van der Waals surface area contributed by atoms with Crippen LogP contribution >= 0.6 is 24.8 Å². The van der Waals surface area contributed by atoms with Crippen molar-refractivity contribution in [3.05, 3.63) is 18.0 Å². The van der Waals surface area contributed by atoms with E-state index < -0.39 is 5.54 Å². The summed E-state index contributed by atoms with van der Waals surface area (Å²) in [6.45, 7) is 4.68. The third-order valence-electron chi connectivity index (χ3n) is 5.40. The lowest BCUT2D eigenvalue weighted by Gasteiger charge is -2.40. The van der Waals surface area contributed by atoms with Gasteiger partial charge in [-0.3, -0.25) is 9.48 Å². The van der Waals surface area contributed by atoms with Crippen LogP contribution in [0.1, 0.15) is 63.4 Å². The second-order valence-electron chi connectivity index (χ2n) is 6.91. The zero-order chi connectivity index (χ0) is 15.6. The molecule has 1 saturated carbocycles. The van der Waals surface area contributed by atoms with Crippen LogP contribution in [0.2, 0.25) is 0 Å². The van der Waals surface area contributed by atoms with Crippen LogP contribution < -0.4 is 5.73 Å². The fourth-order valence-electron chi connectivity index (χ4n) is 3.89. The lowest BCUT2D eigenvalue weighted by molar-refractivity contribution is -0.139. The molecular formula is C17H30Cl2N4O. The van der Waals surface area contributed by atoms with Crippen LogP contribution in [0, 0.1) is 0 Å². The fourth-order valence-corrected chi connectivity index (χ4v) is 3.89. The first-order valence-corrected chi connectivity index (χ1v) is 8.73. The van der Waals surface area contributed by atoms with Crippen molar-refractivity contribution < 1.29 is 4.79 Å². The SMILES string of the molecule is CCn1cc(C2CCN(C(=O)C3(N)CCCCC3)CC2)cn1.Cl.Cl. The van der Waals surface area contributed by atoms with E-state index in [0.29, 0.717) is 5.92 Å². The molecule has 138 valence electrons. The zero-order valence-electron chi connectivity index (χ0n) is 14.4. The Morgan fingerprint density at radius 3 is 2.42 bits per heavy atom. The van der Waals surface area contributed by atoms with Crippen LogP contribution in [0.25, 0.3) is 0 Å². The first kappa shape index (κ1) is 21.3. The van der Waals surface area contributed by atoms with Crippen LogP contribution in [-0.2, 0) is 11.3 Å². The maximum absolute atomic E-state index is 12.8. The monoisotopic (exact) mass is 376 g/mol. The second kappa shape index (κ2) is 9.07. The molecule has 2 aliphatic rings. The molecule has 0 spiro atoms. The number of rotatable bonds is 3. The van der Waals surface area contributed by atoms with Crippen LogP contribution in [0.4, 0.5) is 0 Å². The van der Waals surface area contributed by atoms with Gasteiger partial charge in [0.1, 0.15) is 0 Å². The quantitative estimate of drug-likeness (QED) is 0.880. The van der Waals surface area contributed by atoms with E-state index in [1.807, 2.05) is 15.8 Å². The first-order valence-electron chi connectivity index (χ1n) is 8.73. The summed E-state index contributed by atoms with van der Waals surface area (Å²) in [5, 5.41) is 4.36. The Morgan fingerprint density at radius 2 is 1.88 bits per heavy atom. The Labute approximate surface area is 157 Å². The van der Waals surface area contributed by atoms with E-state index in [2.05, 4.69) is 18.2 Å². The molecule has 2 N–H and O–H groups in total. The molecule has 1 aromatic heterocycles. The van der Waals surface area contributed by atoms with Crippen LogP contribution in [0.5, 0.6) is 0 Å². The van der Waals surface area contributed by atoms with Crippen molar-refractivity contribution in [1.29, 1.82) is 0 Å². The number of carbonyl (C=O) groups excluding carboxylic acids is 1. The highest BCUT2D eigenvalue weighted by atomic mass is 35.5. The summed E-state index contributed by atoms with van der Waals surface area (Å²) in [4.78, 5) is 14.8. The lowest BCUT2D eigenvalue weighted by atomic mass is 9.80. The van der Waals surface area contributed by atoms with Crippen molar-refractivity contribution in [2.45, 2.75) is 69.9 Å². The van der Waals surface area contributed by atoms with Gasteiger partial charge in [-0.25, -0.2) is 0 Å². The highest BCUT2D eigenvalue weighted by molar-refractivity contribution is 5.86. The molecule has 1 aliphatic carbocycles. The number of hydrogen-bond donors (Lipinski definition) is 1. The number of aromatic nitrogens is 2. The summed E-state index contributed by atoms with van der Waals surface area (Å²) in [6, 6.07) is 0. The van der Waals surface area contributed by atoms with Gasteiger partial charge in [0.25, 0.3) is 0 Å². The van der Waals surface area contributed by atoms with Gasteiger partial charge >= 0.3 is 0 Å². The average molecular weight is 377 g/mol. The second-order valence-corrected chi connectivity index (χ2v) is 6.91. The Morgan fingerprint density at radius 1 is 1.25 bits per heavy atom. The molecule has 2 fully saturated rings. The molecule has 0 aromatic carbocycles. The molecule has 0 radical (unpaired) electrons. The molecule has 24 heavy (non-hydrogen) atoms. The summed E-state index contributed by atoms with van der Waals surface area (Å²) in [5.41, 5.74) is 7.12. The molecule has 1 saturated heterocycles. The minimum atomic E-state index is -0.585. The average Bonchev–Trinajstić information content (AvgIpc) is 3.04. The molecule has 7 heteroatoms. The third-order valence-corrected chi connectivity index (χ3v) is 5.40. The number of likely N-dealkylation sites (tertiary alicyclic amines) is 1. The minimum Gasteiger partial charge on any atom is -0.341 e. The van der Waals surface area contributed by atoms with Gasteiger partial charge in [0, 0.05) is 25.8 Å². The summed E-state index contributed by atoms with van der Waals surface area (Å²) >= 11 is 0. The van der Waals surface area contributed by atoms with Gasteiger partial charge in [-0.05, 0) is 44.1 Å². The Balaban J connectivity index is 0.00000144. The number of piperidine rings is 1. The van der Waals surface area contributed by atoms with Crippen LogP contribution in [0.15, 0.2) is 12.4 Å². The molecule has 3 rings (SSSR count). The van der Waals surface area contributed by atoms with Gasteiger partial charge in [-0.2, -0.15) is 5.10 Å². The van der Waals surface area contributed by atoms with Crippen molar-refractivity contribution in [3.63, 3.8) is 0 Å². The van der Waals surface area contributed by atoms with E-state index in [1.165, 1.54) is 12.0 Å². The molecule has 0 atom stereocenters. The number of hydrogen-bond acceptors (Lipinski definition) is 3. The van der Waals surface area contributed by atoms with E-state index in [-0.39, 0.29) is 30.7 Å². The summed E-state index contributed by atoms with van der Waals surface area (Å²) < 4.78 is 1.98. The number of carbonyl (C=O) groups is 1. The Hall–Kier alpha value is -0.780. The predicted molar refractivity (Wildman–Crippen MR) is 101 cm³/mol. The van der Waals surface area contributed by atoms with Crippen molar-refractivity contribution in [1.82, 2.24) is 14.7 Å². The number of amides is 1. The van der Waals surface area contributed by atoms with Crippen molar-refractivity contribution in [2.24, 2.45) is 5.73 Å². The molecule has 2 heterocycles.